The van der Waals surface area contributed by atoms with Gasteiger partial charge in [-0.3, -0.25) is 0 Å². The minimum absolute atomic E-state index is 0.457. The zero-order valence-corrected chi connectivity index (χ0v) is 12.4. The van der Waals surface area contributed by atoms with Crippen LogP contribution in [-0.4, -0.2) is 6.04 Å². The molecule has 0 amide bonds. The minimum Gasteiger partial charge on any atom is -0.306 e. The molecule has 1 aromatic heterocycles. The first-order chi connectivity index (χ1) is 7.99. The van der Waals surface area contributed by atoms with Crippen LogP contribution in [0.5, 0.6) is 0 Å². The van der Waals surface area contributed by atoms with Gasteiger partial charge in [0.05, 0.1) is 0 Å². The topological polar surface area (TPSA) is 12.0 Å². The second-order valence-corrected chi connectivity index (χ2v) is 7.44. The van der Waals surface area contributed by atoms with Crippen LogP contribution in [0, 0.1) is 12.3 Å². The summed E-state index contributed by atoms with van der Waals surface area (Å²) in [7, 11) is 0. The molecule has 1 N–H and O–H groups in total. The highest BCUT2D eigenvalue weighted by Crippen LogP contribution is 2.37. The van der Waals surface area contributed by atoms with Gasteiger partial charge in [0.2, 0.25) is 0 Å². The fraction of sp³-hybridized carbons (Fsp3) is 0.733. The molecule has 1 aliphatic rings. The summed E-state index contributed by atoms with van der Waals surface area (Å²) in [5.74, 6) is 0. The number of aryl methyl sites for hydroxylation is 1. The Kier molecular flexibility index (Phi) is 3.94. The Morgan fingerprint density at radius 3 is 2.71 bits per heavy atom. The summed E-state index contributed by atoms with van der Waals surface area (Å²) in [6.45, 7) is 9.31. The highest BCUT2D eigenvalue weighted by Gasteiger charge is 2.32. The van der Waals surface area contributed by atoms with Crippen molar-refractivity contribution in [3.05, 3.63) is 21.9 Å². The number of nitrogens with one attached hydrogen (secondary N) is 1. The summed E-state index contributed by atoms with van der Waals surface area (Å²) in [5, 5.41) is 3.85. The maximum Gasteiger partial charge on any atom is 0.0388 e. The molecule has 2 unspecified atom stereocenters. The lowest BCUT2D eigenvalue weighted by atomic mass is 9.73. The molecule has 0 bridgehead atoms. The van der Waals surface area contributed by atoms with Crippen LogP contribution >= 0.6 is 11.3 Å². The number of rotatable bonds is 3. The van der Waals surface area contributed by atoms with E-state index in [9.17, 15) is 0 Å². The van der Waals surface area contributed by atoms with Crippen LogP contribution in [0.15, 0.2) is 12.1 Å². The van der Waals surface area contributed by atoms with Crippen LogP contribution in [0.3, 0.4) is 0 Å². The Morgan fingerprint density at radius 2 is 2.12 bits per heavy atom. The normalized spacial score (nSPS) is 25.8. The number of thiophene rings is 1. The molecule has 1 saturated carbocycles. The van der Waals surface area contributed by atoms with Gasteiger partial charge in [0, 0.05) is 21.8 Å². The van der Waals surface area contributed by atoms with Gasteiger partial charge >= 0.3 is 0 Å². The van der Waals surface area contributed by atoms with E-state index in [4.69, 9.17) is 0 Å². The van der Waals surface area contributed by atoms with E-state index in [1.54, 1.807) is 0 Å². The van der Waals surface area contributed by atoms with Crippen LogP contribution in [0.1, 0.15) is 62.3 Å². The Labute approximate surface area is 110 Å². The van der Waals surface area contributed by atoms with Gasteiger partial charge in [-0.2, -0.15) is 0 Å². The first kappa shape index (κ1) is 13.1. The van der Waals surface area contributed by atoms with Crippen LogP contribution in [0.25, 0.3) is 0 Å². The van der Waals surface area contributed by atoms with Crippen molar-refractivity contribution in [3.8, 4) is 0 Å². The third-order valence-corrected chi connectivity index (χ3v) is 5.33. The largest absolute Gasteiger partial charge is 0.306 e. The molecule has 1 aliphatic carbocycles. The van der Waals surface area contributed by atoms with E-state index >= 15 is 0 Å². The van der Waals surface area contributed by atoms with Crippen molar-refractivity contribution in [1.29, 1.82) is 0 Å². The van der Waals surface area contributed by atoms with Gasteiger partial charge in [0.1, 0.15) is 0 Å². The van der Waals surface area contributed by atoms with Crippen LogP contribution in [0.2, 0.25) is 0 Å². The molecule has 0 radical (unpaired) electrons. The third-order valence-electron chi connectivity index (χ3n) is 4.15. The maximum atomic E-state index is 3.85. The molecular weight excluding hydrogens is 226 g/mol. The zero-order valence-electron chi connectivity index (χ0n) is 11.5. The molecular formula is C15H25NS. The zero-order chi connectivity index (χ0) is 12.5. The summed E-state index contributed by atoms with van der Waals surface area (Å²) in [4.78, 5) is 2.89. The molecule has 2 atom stereocenters. The molecule has 1 fully saturated rings. The van der Waals surface area contributed by atoms with E-state index in [2.05, 4.69) is 45.1 Å². The SMILES string of the molecule is Cc1ccc(C(C)NC2CCCCC2(C)C)s1. The average molecular weight is 251 g/mol. The molecule has 0 aromatic carbocycles. The highest BCUT2D eigenvalue weighted by molar-refractivity contribution is 7.12. The van der Waals surface area contributed by atoms with E-state index in [1.807, 2.05) is 11.3 Å². The van der Waals surface area contributed by atoms with Crippen LogP contribution in [0.4, 0.5) is 0 Å². The number of hydrogen-bond acceptors (Lipinski definition) is 2. The molecule has 1 nitrogen and oxygen atoms in total. The average Bonchev–Trinajstić information content (AvgIpc) is 2.68. The van der Waals surface area contributed by atoms with Crippen molar-refractivity contribution in [1.82, 2.24) is 5.32 Å². The standard InChI is InChI=1S/C15H25NS/c1-11-8-9-13(17-11)12(2)16-14-7-5-6-10-15(14,3)4/h8-9,12,14,16H,5-7,10H2,1-4H3. The lowest BCUT2D eigenvalue weighted by Crippen LogP contribution is -2.44. The summed E-state index contributed by atoms with van der Waals surface area (Å²) in [6, 6.07) is 5.67. The van der Waals surface area contributed by atoms with Gasteiger partial charge in [-0.15, -0.1) is 11.3 Å². The Bertz CT molecular complexity index is 367. The van der Waals surface area contributed by atoms with Gasteiger partial charge in [-0.25, -0.2) is 0 Å². The summed E-state index contributed by atoms with van der Waals surface area (Å²) < 4.78 is 0. The second kappa shape index (κ2) is 5.11. The third kappa shape index (κ3) is 3.11. The van der Waals surface area contributed by atoms with Gasteiger partial charge in [-0.1, -0.05) is 26.7 Å². The van der Waals surface area contributed by atoms with Gasteiger partial charge in [0.15, 0.2) is 0 Å². The Morgan fingerprint density at radius 1 is 1.35 bits per heavy atom. The minimum atomic E-state index is 0.457. The Hall–Kier alpha value is -0.340. The first-order valence-electron chi connectivity index (χ1n) is 6.81. The molecule has 0 spiro atoms. The molecule has 1 aromatic rings. The van der Waals surface area contributed by atoms with Gasteiger partial charge < -0.3 is 5.32 Å². The highest BCUT2D eigenvalue weighted by atomic mass is 32.1. The van der Waals surface area contributed by atoms with E-state index < -0.39 is 0 Å². The Balaban J connectivity index is 2.00. The van der Waals surface area contributed by atoms with E-state index in [-0.39, 0.29) is 0 Å². The van der Waals surface area contributed by atoms with Crippen molar-refractivity contribution >= 4 is 11.3 Å². The molecule has 0 aliphatic heterocycles. The summed E-state index contributed by atoms with van der Waals surface area (Å²) in [5.41, 5.74) is 0.457. The lowest BCUT2D eigenvalue weighted by Gasteiger charge is -2.40. The lowest BCUT2D eigenvalue weighted by molar-refractivity contribution is 0.158. The van der Waals surface area contributed by atoms with E-state index in [0.717, 1.165) is 0 Å². The predicted octanol–water partition coefficient (Wildman–Crippen LogP) is 4.68. The smallest absolute Gasteiger partial charge is 0.0388 e. The second-order valence-electron chi connectivity index (χ2n) is 6.12. The number of hydrogen-bond donors (Lipinski definition) is 1. The van der Waals surface area contributed by atoms with E-state index in [1.165, 1.54) is 35.4 Å². The van der Waals surface area contributed by atoms with Crippen molar-refractivity contribution in [2.75, 3.05) is 0 Å². The first-order valence-corrected chi connectivity index (χ1v) is 7.63. The fourth-order valence-corrected chi connectivity index (χ4v) is 3.76. The van der Waals surface area contributed by atoms with Crippen molar-refractivity contribution in [2.24, 2.45) is 5.41 Å². The molecule has 96 valence electrons. The molecule has 1 heterocycles. The van der Waals surface area contributed by atoms with Crippen LogP contribution in [-0.2, 0) is 0 Å². The van der Waals surface area contributed by atoms with Crippen molar-refractivity contribution in [2.45, 2.75) is 65.5 Å². The van der Waals surface area contributed by atoms with Crippen LogP contribution < -0.4 is 5.32 Å². The van der Waals surface area contributed by atoms with Gasteiger partial charge in [-0.05, 0) is 44.2 Å². The molecule has 17 heavy (non-hydrogen) atoms. The predicted molar refractivity (Wildman–Crippen MR) is 76.6 cm³/mol. The summed E-state index contributed by atoms with van der Waals surface area (Å²) in [6.07, 6.45) is 5.48. The maximum absolute atomic E-state index is 3.85. The molecule has 0 saturated heterocycles. The fourth-order valence-electron chi connectivity index (χ4n) is 2.87. The van der Waals surface area contributed by atoms with Crippen molar-refractivity contribution < 1.29 is 0 Å². The van der Waals surface area contributed by atoms with Gasteiger partial charge in [0.25, 0.3) is 0 Å². The quantitative estimate of drug-likeness (QED) is 0.822. The van der Waals surface area contributed by atoms with Crippen molar-refractivity contribution in [3.63, 3.8) is 0 Å². The van der Waals surface area contributed by atoms with E-state index in [0.29, 0.717) is 17.5 Å². The molecule has 2 rings (SSSR count). The summed E-state index contributed by atoms with van der Waals surface area (Å²) >= 11 is 1.92. The molecule has 2 heteroatoms. The monoisotopic (exact) mass is 251 g/mol.